The number of carbonyl (C=O) groups is 2. The van der Waals surface area contributed by atoms with Crippen LogP contribution in [0.15, 0.2) is 18.5 Å². The number of rotatable bonds is 8. The van der Waals surface area contributed by atoms with E-state index in [0.717, 1.165) is 18.4 Å². The lowest BCUT2D eigenvalue weighted by Crippen LogP contribution is -2.65. The molecule has 5 fully saturated rings. The first kappa shape index (κ1) is 27.3. The summed E-state index contributed by atoms with van der Waals surface area (Å²) in [6.07, 6.45) is 6.66. The van der Waals surface area contributed by atoms with E-state index in [-0.39, 0.29) is 49.0 Å². The van der Waals surface area contributed by atoms with Crippen LogP contribution in [-0.2, 0) is 9.53 Å². The summed E-state index contributed by atoms with van der Waals surface area (Å²) in [5.41, 5.74) is 0.0151. The van der Waals surface area contributed by atoms with Gasteiger partial charge in [-0.15, -0.1) is 0 Å². The third-order valence-corrected chi connectivity index (χ3v) is 8.96. The van der Waals surface area contributed by atoms with Gasteiger partial charge in [0.2, 0.25) is 11.8 Å². The molecule has 5 aliphatic rings. The molecule has 0 saturated heterocycles. The van der Waals surface area contributed by atoms with Gasteiger partial charge >= 0.3 is 6.09 Å². The van der Waals surface area contributed by atoms with Crippen molar-refractivity contribution >= 4 is 17.6 Å². The van der Waals surface area contributed by atoms with Crippen LogP contribution in [0.4, 0.5) is 18.0 Å². The number of halogens is 3. The molecule has 5 aliphatic carbocycles. The van der Waals surface area contributed by atoms with Gasteiger partial charge in [0.25, 0.3) is 0 Å². The number of nitrogens with one attached hydrogen (secondary N) is 2. The summed E-state index contributed by atoms with van der Waals surface area (Å²) in [6.45, 7) is 5.29. The third-order valence-electron chi connectivity index (χ3n) is 8.96. The minimum Gasteiger partial charge on any atom is -0.444 e. The van der Waals surface area contributed by atoms with Crippen molar-refractivity contribution in [1.29, 1.82) is 0 Å². The maximum absolute atomic E-state index is 13.9. The van der Waals surface area contributed by atoms with E-state index in [9.17, 15) is 22.8 Å². The van der Waals surface area contributed by atoms with Crippen LogP contribution in [0, 0.1) is 17.3 Å². The summed E-state index contributed by atoms with van der Waals surface area (Å²) >= 11 is 0. The Morgan fingerprint density at radius 3 is 2.30 bits per heavy atom. The van der Waals surface area contributed by atoms with Gasteiger partial charge in [-0.1, -0.05) is 0 Å². The van der Waals surface area contributed by atoms with Gasteiger partial charge in [0.15, 0.2) is 5.65 Å². The van der Waals surface area contributed by atoms with Crippen LogP contribution in [0.2, 0.25) is 0 Å². The number of amides is 2. The summed E-state index contributed by atoms with van der Waals surface area (Å²) in [6, 6.07) is 1.08. The van der Waals surface area contributed by atoms with Crippen molar-refractivity contribution in [2.75, 3.05) is 0 Å². The molecule has 2 N–H and O–H groups in total. The topological polar surface area (TPSA) is 97.6 Å². The Kier molecular flexibility index (Phi) is 6.38. The van der Waals surface area contributed by atoms with Gasteiger partial charge in [-0.05, 0) is 94.6 Å². The van der Waals surface area contributed by atoms with Gasteiger partial charge in [0.1, 0.15) is 11.3 Å². The zero-order chi connectivity index (χ0) is 28.5. The maximum atomic E-state index is 13.9. The van der Waals surface area contributed by atoms with E-state index in [4.69, 9.17) is 9.72 Å². The number of alkyl halides is 3. The monoisotopic (exact) mass is 561 g/mol. The predicted molar refractivity (Wildman–Crippen MR) is 140 cm³/mol. The van der Waals surface area contributed by atoms with Gasteiger partial charge < -0.3 is 15.4 Å². The molecule has 218 valence electrons. The average Bonchev–Trinajstić information content (AvgIpc) is 3.56. The molecule has 2 bridgehead atoms. The third kappa shape index (κ3) is 5.65. The van der Waals surface area contributed by atoms with Crippen LogP contribution in [0.1, 0.15) is 108 Å². The van der Waals surface area contributed by atoms with Crippen molar-refractivity contribution in [3.63, 3.8) is 0 Å². The van der Waals surface area contributed by atoms with E-state index in [0.29, 0.717) is 42.9 Å². The van der Waals surface area contributed by atoms with E-state index in [2.05, 4.69) is 15.7 Å². The molecule has 0 spiro atoms. The van der Waals surface area contributed by atoms with Gasteiger partial charge in [-0.3, -0.25) is 4.79 Å². The Morgan fingerprint density at radius 1 is 1.05 bits per heavy atom. The molecule has 7 rings (SSSR count). The molecule has 2 heterocycles. The highest BCUT2D eigenvalue weighted by Gasteiger charge is 2.69. The van der Waals surface area contributed by atoms with Gasteiger partial charge in [0.05, 0.1) is 30.2 Å². The second-order valence-electron chi connectivity index (χ2n) is 13.8. The van der Waals surface area contributed by atoms with E-state index in [1.807, 2.05) is 6.07 Å². The fourth-order valence-corrected chi connectivity index (χ4v) is 7.01. The fraction of sp³-hybridized carbons (Fsp3) is 0.724. The highest BCUT2D eigenvalue weighted by Crippen LogP contribution is 2.71. The second kappa shape index (κ2) is 9.34. The van der Waals surface area contributed by atoms with Crippen LogP contribution >= 0.6 is 0 Å². The molecule has 2 atom stereocenters. The summed E-state index contributed by atoms with van der Waals surface area (Å²) in [4.78, 5) is 30.4. The van der Waals surface area contributed by atoms with Crippen molar-refractivity contribution in [1.82, 2.24) is 25.2 Å². The molecular weight excluding hydrogens is 523 g/mol. The first-order chi connectivity index (χ1) is 18.7. The minimum absolute atomic E-state index is 0.0571. The number of fused-ring (bicyclic) bond motifs is 1. The Labute approximate surface area is 231 Å². The predicted octanol–water partition coefficient (Wildman–Crippen LogP) is 5.97. The molecule has 8 nitrogen and oxygen atoms in total. The number of hydrogen-bond acceptors (Lipinski definition) is 5. The smallest absolute Gasteiger partial charge is 0.408 e. The lowest BCUT2D eigenvalue weighted by Gasteiger charge is -2.65. The molecule has 11 heteroatoms. The number of hydrogen-bond donors (Lipinski definition) is 2. The van der Waals surface area contributed by atoms with E-state index >= 15 is 0 Å². The number of alkyl carbamates (subject to hydrolysis) is 1. The fourth-order valence-electron chi connectivity index (χ4n) is 7.01. The van der Waals surface area contributed by atoms with Crippen molar-refractivity contribution < 1.29 is 27.5 Å². The van der Waals surface area contributed by atoms with Crippen LogP contribution in [0.3, 0.4) is 0 Å². The SMILES string of the molecule is CC(C)(C)OC(=O)N[C@H](c1cn2ncc([C@H](NC(=O)C[C@]34C[C@](F)(C3)C4)C3CC3)cc2n1)C1CCC(F)(F)CC1. The number of aromatic nitrogens is 3. The Hall–Kier alpha value is -2.85. The van der Waals surface area contributed by atoms with Crippen molar-refractivity contribution in [3.8, 4) is 0 Å². The lowest BCUT2D eigenvalue weighted by molar-refractivity contribution is -0.215. The number of nitrogens with zero attached hydrogens (tertiary/aromatic N) is 3. The van der Waals surface area contributed by atoms with Gasteiger partial charge in [-0.25, -0.2) is 27.5 Å². The summed E-state index contributed by atoms with van der Waals surface area (Å²) in [5.74, 6) is -2.67. The van der Waals surface area contributed by atoms with E-state index in [1.54, 1.807) is 37.7 Å². The highest BCUT2D eigenvalue weighted by molar-refractivity contribution is 5.78. The van der Waals surface area contributed by atoms with Crippen LogP contribution in [-0.4, -0.2) is 43.8 Å². The Bertz CT molecular complexity index is 1290. The largest absolute Gasteiger partial charge is 0.444 e. The van der Waals surface area contributed by atoms with E-state index in [1.165, 1.54) is 0 Å². The highest BCUT2D eigenvalue weighted by atomic mass is 19.3. The summed E-state index contributed by atoms with van der Waals surface area (Å²) < 4.78 is 48.8. The molecule has 0 unspecified atom stereocenters. The van der Waals surface area contributed by atoms with Crippen LogP contribution < -0.4 is 10.6 Å². The normalized spacial score (nSPS) is 29.1. The first-order valence-corrected chi connectivity index (χ1v) is 14.4. The maximum Gasteiger partial charge on any atom is 0.408 e. The standard InChI is InChI=1S/C29H38F3N5O3/c1-26(2,3)40-25(39)36-24(18-6-8-29(31,32)9-7-18)20-13-37-21(34-20)10-19(12-33-37)23(17-4-5-17)35-22(38)11-27-14-28(30,15-27)16-27/h10,12-13,17-18,23-24H,4-9,11,14-16H2,1-3H3,(H,35,38)(H,36,39)/t23-,24+,27-,28-/m1/s1. The zero-order valence-corrected chi connectivity index (χ0v) is 23.3. The van der Waals surface area contributed by atoms with Gasteiger partial charge in [-0.2, -0.15) is 5.10 Å². The Balaban J connectivity index is 1.21. The molecule has 0 aliphatic heterocycles. The number of imidazole rings is 1. The van der Waals surface area contributed by atoms with Crippen LogP contribution in [0.5, 0.6) is 0 Å². The molecule has 0 aromatic carbocycles. The van der Waals surface area contributed by atoms with Crippen molar-refractivity contribution in [3.05, 3.63) is 29.7 Å². The molecule has 2 aromatic heterocycles. The summed E-state index contributed by atoms with van der Waals surface area (Å²) in [5, 5.41) is 10.6. The zero-order valence-electron chi connectivity index (χ0n) is 23.3. The molecule has 2 amide bonds. The molecule has 40 heavy (non-hydrogen) atoms. The second-order valence-corrected chi connectivity index (χ2v) is 13.8. The van der Waals surface area contributed by atoms with Crippen molar-refractivity contribution in [2.45, 2.75) is 114 Å². The quantitative estimate of drug-likeness (QED) is 0.414. The minimum atomic E-state index is -2.70. The molecule has 5 saturated carbocycles. The average molecular weight is 562 g/mol. The van der Waals surface area contributed by atoms with Crippen LogP contribution in [0.25, 0.3) is 5.65 Å². The molecular formula is C29H38F3N5O3. The van der Waals surface area contributed by atoms with Gasteiger partial charge in [0, 0.05) is 19.3 Å². The summed E-state index contributed by atoms with van der Waals surface area (Å²) in [7, 11) is 0. The molecule has 0 radical (unpaired) electrons. The number of ether oxygens (including phenoxy) is 1. The lowest BCUT2D eigenvalue weighted by atomic mass is 9.41. The number of carbonyl (C=O) groups excluding carboxylic acids is 2. The van der Waals surface area contributed by atoms with E-state index < -0.39 is 29.3 Å². The Morgan fingerprint density at radius 2 is 1.70 bits per heavy atom. The van der Waals surface area contributed by atoms with Crippen molar-refractivity contribution in [2.24, 2.45) is 17.3 Å². The first-order valence-electron chi connectivity index (χ1n) is 14.4. The molecule has 2 aromatic rings.